The molecule has 0 radical (unpaired) electrons. The number of benzene rings is 14. The number of fused-ring (bicyclic) bond motifs is 12. The molecule has 0 bridgehead atoms. The van der Waals surface area contributed by atoms with Crippen LogP contribution in [0.4, 0.5) is 20.2 Å². The minimum absolute atomic E-state index is 0.0444. The van der Waals surface area contributed by atoms with E-state index in [9.17, 15) is 28.9 Å². The molecule has 0 atom stereocenters. The third-order valence-corrected chi connectivity index (χ3v) is 30.8. The van der Waals surface area contributed by atoms with Gasteiger partial charge in [-0.25, -0.2) is 8.78 Å². The Bertz CT molecular complexity index is 7750. The van der Waals surface area contributed by atoms with Crippen LogP contribution in [0.1, 0.15) is 50.9 Å². The van der Waals surface area contributed by atoms with Gasteiger partial charge in [0.1, 0.15) is 23.1 Å². The number of aryl methyl sites for hydroxylation is 4. The standard InChI is InChI=1S/C23H20BNO2S.C22H18BNOS.C19H17BN2OS.C17H16BNO2.C15H15BFNO.C9H9BO3.C8H9BFNO/c1-27-18-9-10-22-20(14-18)23(28-19-5-3-2-4-6-19)15-25(22)17-8-7-16-11-12-24(26)21(16)13-17;25-23-13-12-16-10-11-17(14-20(16)23)24-15-22(19-8-4-5-9-21(19)24)26-18-6-2-1-3-7-18;21-10-3-11-24-19-13-22(18-5-2-1-4-16(18)19)15-7-6-14-8-9-20(23)17(14)12-15;1-21-15-4-5-17-13(10-15)7-9-19(17)14-3-2-12-6-8-18(20)16(12)11-14;1-16-13-8-15(14(17)7-12(13)10-19-16)18-9-11-5-3-2-4-6-11;1-10-7-3-9-8(11-5-12-9)2-6(7)4-13-10;1-9-6-3-8(11)7(10)2-5(6)4-12-9/h2-10,13-15,26H,11-12H2,1H3;1-11,14-15,25H,12-13H2;1-2,4-7,12-13,23H,3,8-9,11H2;2-5,7,9-11,20H,6,8H2,1H3;2-8,18H,9-10H2,1H3;2-3H,4-5H2,1H3;2-3H,4,11H2,1H3. The van der Waals surface area contributed by atoms with E-state index in [1.54, 1.807) is 61.6 Å². The molecule has 0 amide bonds. The molecule has 8 aliphatic rings. The third kappa shape index (κ3) is 21.4. The molecule has 30 heteroatoms. The molecule has 0 aliphatic carbocycles. The Morgan fingerprint density at radius 2 is 0.818 bits per heavy atom. The van der Waals surface area contributed by atoms with Gasteiger partial charge in [-0.2, -0.15) is 5.26 Å². The number of nitriles is 1. The Hall–Kier alpha value is -13.4. The lowest BCUT2D eigenvalue weighted by atomic mass is 9.63. The summed E-state index contributed by atoms with van der Waals surface area (Å²) in [5, 5.41) is 57.5. The Balaban J connectivity index is 0.000000104. The lowest BCUT2D eigenvalue weighted by Crippen LogP contribution is -2.26. The number of para-hydroxylation sites is 2. The molecule has 14 aromatic carbocycles. The largest absolute Gasteiger partial charge is 0.497 e. The Morgan fingerprint density at radius 3 is 1.32 bits per heavy atom. The molecule has 18 aromatic rings. The van der Waals surface area contributed by atoms with Crippen molar-refractivity contribution < 1.29 is 61.8 Å². The minimum atomic E-state index is -0.355. The first-order valence-electron chi connectivity index (χ1n) is 48.5. The molecule has 710 valence electrons. The molecule has 0 fully saturated rings. The van der Waals surface area contributed by atoms with Crippen LogP contribution in [0.25, 0.3) is 66.4 Å². The molecule has 8 aliphatic heterocycles. The molecule has 7 N–H and O–H groups in total. The van der Waals surface area contributed by atoms with Gasteiger partial charge in [-0.15, -0.1) is 11.8 Å². The van der Waals surface area contributed by atoms with E-state index in [2.05, 4.69) is 236 Å². The van der Waals surface area contributed by atoms with Crippen molar-refractivity contribution in [3.8, 4) is 51.8 Å². The van der Waals surface area contributed by atoms with Gasteiger partial charge in [0.25, 0.3) is 0 Å². The van der Waals surface area contributed by atoms with Crippen LogP contribution in [0.5, 0.6) is 23.0 Å². The number of ether oxygens (including phenoxy) is 4. The van der Waals surface area contributed by atoms with Crippen LogP contribution < -0.4 is 68.2 Å². The Labute approximate surface area is 846 Å². The Kier molecular flexibility index (Phi) is 29.8. The molecule has 0 spiro atoms. The SMILES string of the molecule is CB1OCc2cc(F)c(N)cc21.CB1OCc2cc(F)c(NCc3ccccc3)cc21.CB1OCc2cc3c(cc21)OCO3.COc1ccc2c(c1)c(Sc1ccccc1)cn2-c1ccc2c(c1)B(O)CC2.COc1ccc2c(ccn2-c2ccc3c(c2)B(O)CC3)c1.N#CCCSc1cn(-c2ccc3c(c2)B(O)CC3)c2ccccc12.OB1CCc2ccc(-n3cc(Sc4ccccc4)c4ccccc43)cc21. The van der Waals surface area contributed by atoms with Gasteiger partial charge in [0.15, 0.2) is 11.5 Å². The van der Waals surface area contributed by atoms with Crippen molar-refractivity contribution in [3.63, 3.8) is 0 Å². The van der Waals surface area contributed by atoms with E-state index >= 15 is 0 Å². The number of methoxy groups -OCH3 is 2. The van der Waals surface area contributed by atoms with Crippen LogP contribution in [0.2, 0.25) is 45.7 Å². The number of nitrogens with one attached hydrogen (secondary N) is 1. The molecule has 26 rings (SSSR count). The zero-order valence-electron chi connectivity index (χ0n) is 80.1. The molecular weight excluding hydrogens is 1840 g/mol. The first-order valence-corrected chi connectivity index (χ1v) is 51.1. The van der Waals surface area contributed by atoms with Crippen molar-refractivity contribution in [2.75, 3.05) is 37.8 Å². The smallest absolute Gasteiger partial charge is 0.324 e. The second-order valence-electron chi connectivity index (χ2n) is 36.7. The van der Waals surface area contributed by atoms with Crippen LogP contribution >= 0.6 is 35.3 Å². The van der Waals surface area contributed by atoms with Gasteiger partial charge in [-0.05, 0) is 275 Å². The normalized spacial score (nSPS) is 13.9. The van der Waals surface area contributed by atoms with Crippen molar-refractivity contribution in [1.29, 1.82) is 5.26 Å². The second-order valence-corrected chi connectivity index (χ2v) is 40.0. The van der Waals surface area contributed by atoms with Crippen LogP contribution in [0, 0.1) is 23.0 Å². The highest BCUT2D eigenvalue weighted by molar-refractivity contribution is 8.00. The van der Waals surface area contributed by atoms with Crippen LogP contribution in [-0.4, -0.2) is 114 Å². The van der Waals surface area contributed by atoms with E-state index in [4.69, 9.17) is 43.9 Å². The molecular formula is C113H104B7F2N7O11S3. The van der Waals surface area contributed by atoms with Crippen molar-refractivity contribution in [1.82, 2.24) is 18.3 Å². The van der Waals surface area contributed by atoms with E-state index in [1.807, 2.05) is 111 Å². The highest BCUT2D eigenvalue weighted by Crippen LogP contribution is 2.42. The van der Waals surface area contributed by atoms with E-state index in [0.29, 0.717) is 45.3 Å². The summed E-state index contributed by atoms with van der Waals surface area (Å²) in [5.41, 5.74) is 32.0. The van der Waals surface area contributed by atoms with E-state index in [1.165, 1.54) is 80.1 Å². The zero-order chi connectivity index (χ0) is 98.3. The second kappa shape index (κ2) is 43.8. The highest BCUT2D eigenvalue weighted by Gasteiger charge is 2.33. The maximum Gasteiger partial charge on any atom is 0.324 e. The number of halogens is 2. The van der Waals surface area contributed by atoms with Gasteiger partial charge in [0, 0.05) is 112 Å². The van der Waals surface area contributed by atoms with Crippen LogP contribution in [-0.2, 0) is 66.0 Å². The summed E-state index contributed by atoms with van der Waals surface area (Å²) in [6.45, 7) is 7.56. The number of hydrogen-bond acceptors (Lipinski definition) is 17. The summed E-state index contributed by atoms with van der Waals surface area (Å²) in [6.07, 6.45) is 16.3. The molecule has 4 aromatic heterocycles. The monoisotopic (exact) mass is 1950 g/mol. The summed E-state index contributed by atoms with van der Waals surface area (Å²) >= 11 is 5.26. The predicted molar refractivity (Wildman–Crippen MR) is 584 cm³/mol. The lowest BCUT2D eigenvalue weighted by molar-refractivity contribution is 0.174. The van der Waals surface area contributed by atoms with Gasteiger partial charge in [-0.1, -0.05) is 194 Å². The predicted octanol–water partition coefficient (Wildman–Crippen LogP) is 19.2. The number of aromatic nitrogens is 4. The first-order chi connectivity index (χ1) is 69.8. The van der Waals surface area contributed by atoms with Gasteiger partial charge in [0.05, 0.1) is 73.6 Å². The average molecular weight is 1950 g/mol. The first kappa shape index (κ1) is 97.1. The maximum absolute atomic E-state index is 14.0. The van der Waals surface area contributed by atoms with E-state index in [0.717, 1.165) is 179 Å². The van der Waals surface area contributed by atoms with Gasteiger partial charge in [-0.3, -0.25) is 0 Å². The fourth-order valence-electron chi connectivity index (χ4n) is 19.9. The van der Waals surface area contributed by atoms with Gasteiger partial charge < -0.3 is 82.3 Å². The lowest BCUT2D eigenvalue weighted by Gasteiger charge is -2.10. The summed E-state index contributed by atoms with van der Waals surface area (Å²) in [7, 11) is 3.38. The van der Waals surface area contributed by atoms with Crippen LogP contribution in [0.3, 0.4) is 0 Å². The fraction of sp³-hybridized carbons (Fsp3) is 0.177. The number of nitrogens with zero attached hydrogens (tertiary/aromatic N) is 5. The average Bonchev–Trinajstić information content (AvgIpc) is 1.63. The summed E-state index contributed by atoms with van der Waals surface area (Å²) < 4.78 is 73.3. The van der Waals surface area contributed by atoms with Crippen LogP contribution in [0.15, 0.2) is 340 Å². The van der Waals surface area contributed by atoms with Crippen molar-refractivity contribution in [3.05, 3.63) is 372 Å². The zero-order valence-corrected chi connectivity index (χ0v) is 82.6. The summed E-state index contributed by atoms with van der Waals surface area (Å²) in [5.74, 6) is 3.63. The van der Waals surface area contributed by atoms with Gasteiger partial charge >= 0.3 is 48.4 Å². The number of nitrogen functional groups attached to an aromatic ring is 1. The minimum Gasteiger partial charge on any atom is -0.497 e. The summed E-state index contributed by atoms with van der Waals surface area (Å²) in [4.78, 5) is 6.06. The number of nitrogens with two attached hydrogens (primary N) is 1. The highest BCUT2D eigenvalue weighted by atomic mass is 32.2. The summed E-state index contributed by atoms with van der Waals surface area (Å²) in [6, 6.07) is 101. The molecule has 18 nitrogen and oxygen atoms in total. The van der Waals surface area contributed by atoms with E-state index < -0.39 is 0 Å². The fourth-order valence-corrected chi connectivity index (χ4v) is 22.8. The number of rotatable bonds is 16. The van der Waals surface area contributed by atoms with Crippen molar-refractivity contribution in [2.45, 2.75) is 129 Å². The molecule has 0 saturated heterocycles. The molecule has 0 saturated carbocycles. The number of hydrogen-bond donors (Lipinski definition) is 6. The molecule has 0 unspecified atom stereocenters. The van der Waals surface area contributed by atoms with Crippen molar-refractivity contribution in [2.24, 2.45) is 0 Å². The quantitative estimate of drug-likeness (QED) is 0.0229. The topological polar surface area (TPSA) is 227 Å². The number of anilines is 2. The molecule has 12 heterocycles. The van der Waals surface area contributed by atoms with Crippen molar-refractivity contribution >= 4 is 177 Å². The molecule has 143 heavy (non-hydrogen) atoms. The van der Waals surface area contributed by atoms with Gasteiger partial charge in [0.2, 0.25) is 6.79 Å². The maximum atomic E-state index is 14.0. The Morgan fingerprint density at radius 1 is 0.406 bits per heavy atom. The number of thioether (sulfide) groups is 1. The third-order valence-electron chi connectivity index (χ3n) is 27.7. The van der Waals surface area contributed by atoms with E-state index in [-0.39, 0.29) is 65.7 Å².